The first-order valence-electron chi connectivity index (χ1n) is 10.3. The number of aromatic nitrogens is 2. The number of benzene rings is 2. The Morgan fingerprint density at radius 3 is 2.60 bits per heavy atom. The van der Waals surface area contributed by atoms with E-state index in [1.54, 1.807) is 0 Å². The van der Waals surface area contributed by atoms with E-state index in [-0.39, 0.29) is 24.8 Å². The number of rotatable bonds is 11. The minimum Gasteiger partial charge on any atom is -0.382 e. The van der Waals surface area contributed by atoms with Crippen LogP contribution in [-0.2, 0) is 27.3 Å². The van der Waals surface area contributed by atoms with Crippen molar-refractivity contribution < 1.29 is 14.3 Å². The Hall–Kier alpha value is -3.19. The molecule has 1 aromatic heterocycles. The number of para-hydroxylation sites is 2. The fourth-order valence-corrected chi connectivity index (χ4v) is 3.21. The van der Waals surface area contributed by atoms with Gasteiger partial charge in [-0.3, -0.25) is 14.9 Å². The first-order chi connectivity index (χ1) is 14.7. The number of anilines is 1. The van der Waals surface area contributed by atoms with Gasteiger partial charge in [-0.15, -0.1) is 0 Å². The van der Waals surface area contributed by atoms with Crippen LogP contribution in [0.1, 0.15) is 25.3 Å². The average molecular weight is 409 g/mol. The van der Waals surface area contributed by atoms with Crippen LogP contribution in [0.25, 0.3) is 11.0 Å². The molecule has 0 spiro atoms. The zero-order valence-electron chi connectivity index (χ0n) is 17.3. The Kier molecular flexibility index (Phi) is 7.97. The predicted octanol–water partition coefficient (Wildman–Crippen LogP) is 3.15. The molecule has 0 aliphatic heterocycles. The highest BCUT2D eigenvalue weighted by Gasteiger charge is 2.13. The highest BCUT2D eigenvalue weighted by atomic mass is 16.5. The summed E-state index contributed by atoms with van der Waals surface area (Å²) in [6, 6.07) is 17.3. The number of imidazole rings is 1. The molecular formula is C23H28N4O3. The molecule has 0 atom stereocenters. The summed E-state index contributed by atoms with van der Waals surface area (Å²) in [5.74, 6) is 0.238. The summed E-state index contributed by atoms with van der Waals surface area (Å²) in [6.45, 7) is 4.29. The first-order valence-corrected chi connectivity index (χ1v) is 10.3. The second-order valence-electron chi connectivity index (χ2n) is 6.94. The molecule has 0 saturated heterocycles. The molecule has 2 amide bonds. The van der Waals surface area contributed by atoms with Crippen LogP contribution in [0.2, 0.25) is 0 Å². The minimum absolute atomic E-state index is 0.0998. The molecule has 0 bridgehead atoms. The van der Waals surface area contributed by atoms with Crippen LogP contribution in [0.15, 0.2) is 54.6 Å². The van der Waals surface area contributed by atoms with Gasteiger partial charge in [0.1, 0.15) is 0 Å². The van der Waals surface area contributed by atoms with Gasteiger partial charge in [0.05, 0.1) is 17.5 Å². The summed E-state index contributed by atoms with van der Waals surface area (Å²) < 4.78 is 7.42. The summed E-state index contributed by atoms with van der Waals surface area (Å²) in [6.07, 6.45) is 1.31. The van der Waals surface area contributed by atoms with Crippen molar-refractivity contribution >= 4 is 28.8 Å². The van der Waals surface area contributed by atoms with Gasteiger partial charge in [-0.05, 0) is 31.0 Å². The van der Waals surface area contributed by atoms with Gasteiger partial charge in [-0.25, -0.2) is 4.98 Å². The fraction of sp³-hybridized carbons (Fsp3) is 0.348. The van der Waals surface area contributed by atoms with Crippen molar-refractivity contribution in [3.05, 3.63) is 60.2 Å². The number of fused-ring (bicyclic) bond motifs is 1. The van der Waals surface area contributed by atoms with Gasteiger partial charge in [-0.2, -0.15) is 0 Å². The van der Waals surface area contributed by atoms with E-state index in [4.69, 9.17) is 4.74 Å². The lowest BCUT2D eigenvalue weighted by molar-refractivity contribution is -0.120. The van der Waals surface area contributed by atoms with Gasteiger partial charge in [0.15, 0.2) is 0 Å². The maximum Gasteiger partial charge on any atom is 0.228 e. The Labute approximate surface area is 176 Å². The molecule has 2 N–H and O–H groups in total. The smallest absolute Gasteiger partial charge is 0.228 e. The maximum absolute atomic E-state index is 12.4. The second kappa shape index (κ2) is 11.1. The quantitative estimate of drug-likeness (QED) is 0.477. The normalized spacial score (nSPS) is 10.8. The summed E-state index contributed by atoms with van der Waals surface area (Å²) in [5.41, 5.74) is 2.75. The summed E-state index contributed by atoms with van der Waals surface area (Å²) >= 11 is 0. The Balaban J connectivity index is 1.53. The standard InChI is InChI=1S/C23H28N4O3/c1-2-30-16-8-15-27-20-12-7-6-11-19(20)25-23(27)26-21(28)13-14-24-22(29)17-18-9-4-3-5-10-18/h3-7,9-12H,2,8,13-17H2,1H3,(H,24,29)(H,25,26,28). The number of ether oxygens (including phenoxy) is 1. The second-order valence-corrected chi connectivity index (χ2v) is 6.94. The Morgan fingerprint density at radius 1 is 1.03 bits per heavy atom. The highest BCUT2D eigenvalue weighted by Crippen LogP contribution is 2.20. The molecule has 30 heavy (non-hydrogen) atoms. The third-order valence-corrected chi connectivity index (χ3v) is 4.66. The molecular weight excluding hydrogens is 380 g/mol. The van der Waals surface area contributed by atoms with Gasteiger partial charge in [0, 0.05) is 32.7 Å². The van der Waals surface area contributed by atoms with E-state index < -0.39 is 0 Å². The number of carbonyl (C=O) groups is 2. The number of hydrogen-bond acceptors (Lipinski definition) is 4. The maximum atomic E-state index is 12.4. The van der Waals surface area contributed by atoms with Gasteiger partial charge in [-0.1, -0.05) is 42.5 Å². The van der Waals surface area contributed by atoms with Gasteiger partial charge >= 0.3 is 0 Å². The van der Waals surface area contributed by atoms with Crippen LogP contribution in [-0.4, -0.2) is 41.1 Å². The van der Waals surface area contributed by atoms with Crippen LogP contribution < -0.4 is 10.6 Å². The number of aryl methyl sites for hydroxylation is 1. The van der Waals surface area contributed by atoms with E-state index in [0.717, 1.165) is 23.0 Å². The first kappa shape index (κ1) is 21.5. The summed E-state index contributed by atoms with van der Waals surface area (Å²) in [7, 11) is 0. The molecule has 158 valence electrons. The van der Waals surface area contributed by atoms with Crippen molar-refractivity contribution in [2.24, 2.45) is 0 Å². The van der Waals surface area contributed by atoms with E-state index in [9.17, 15) is 9.59 Å². The zero-order valence-corrected chi connectivity index (χ0v) is 17.3. The molecule has 0 unspecified atom stereocenters. The Morgan fingerprint density at radius 2 is 1.80 bits per heavy atom. The number of nitrogens with one attached hydrogen (secondary N) is 2. The van der Waals surface area contributed by atoms with Crippen LogP contribution in [0.3, 0.4) is 0 Å². The number of amides is 2. The molecule has 7 nitrogen and oxygen atoms in total. The van der Waals surface area contributed by atoms with Crippen molar-refractivity contribution in [1.82, 2.24) is 14.9 Å². The molecule has 0 aliphatic rings. The van der Waals surface area contributed by atoms with Crippen LogP contribution in [0, 0.1) is 0 Å². The molecule has 0 fully saturated rings. The van der Waals surface area contributed by atoms with Crippen molar-refractivity contribution in [1.29, 1.82) is 0 Å². The van der Waals surface area contributed by atoms with Crippen molar-refractivity contribution in [3.8, 4) is 0 Å². The van der Waals surface area contributed by atoms with E-state index in [0.29, 0.717) is 32.1 Å². The summed E-state index contributed by atoms with van der Waals surface area (Å²) in [4.78, 5) is 29.0. The molecule has 0 aliphatic carbocycles. The topological polar surface area (TPSA) is 85.2 Å². The van der Waals surface area contributed by atoms with Crippen molar-refractivity contribution in [3.63, 3.8) is 0 Å². The SMILES string of the molecule is CCOCCCn1c(NC(=O)CCNC(=O)Cc2ccccc2)nc2ccccc21. The van der Waals surface area contributed by atoms with E-state index >= 15 is 0 Å². The predicted molar refractivity (Wildman–Crippen MR) is 117 cm³/mol. The molecule has 0 saturated carbocycles. The highest BCUT2D eigenvalue weighted by molar-refractivity contribution is 5.92. The van der Waals surface area contributed by atoms with Crippen LogP contribution in [0.4, 0.5) is 5.95 Å². The van der Waals surface area contributed by atoms with Crippen molar-refractivity contribution in [2.75, 3.05) is 25.1 Å². The van der Waals surface area contributed by atoms with E-state index in [1.165, 1.54) is 0 Å². The number of nitrogens with zero attached hydrogens (tertiary/aromatic N) is 2. The monoisotopic (exact) mass is 408 g/mol. The van der Waals surface area contributed by atoms with E-state index in [1.807, 2.05) is 66.1 Å². The average Bonchev–Trinajstić information content (AvgIpc) is 3.09. The lowest BCUT2D eigenvalue weighted by Gasteiger charge is -2.10. The van der Waals surface area contributed by atoms with E-state index in [2.05, 4.69) is 15.6 Å². The minimum atomic E-state index is -0.184. The third-order valence-electron chi connectivity index (χ3n) is 4.66. The zero-order chi connectivity index (χ0) is 21.2. The third kappa shape index (κ3) is 6.15. The van der Waals surface area contributed by atoms with Crippen molar-refractivity contribution in [2.45, 2.75) is 32.7 Å². The van der Waals surface area contributed by atoms with Crippen LogP contribution >= 0.6 is 0 Å². The molecule has 0 radical (unpaired) electrons. The molecule has 3 aromatic rings. The summed E-state index contributed by atoms with van der Waals surface area (Å²) in [5, 5.41) is 5.68. The Bertz CT molecular complexity index is 969. The van der Waals surface area contributed by atoms with Crippen LogP contribution in [0.5, 0.6) is 0 Å². The van der Waals surface area contributed by atoms with Gasteiger partial charge < -0.3 is 14.6 Å². The lowest BCUT2D eigenvalue weighted by atomic mass is 10.1. The van der Waals surface area contributed by atoms with Gasteiger partial charge in [0.2, 0.25) is 17.8 Å². The lowest BCUT2D eigenvalue weighted by Crippen LogP contribution is -2.29. The molecule has 1 heterocycles. The number of carbonyl (C=O) groups excluding carboxylic acids is 2. The molecule has 7 heteroatoms. The fourth-order valence-electron chi connectivity index (χ4n) is 3.21. The molecule has 2 aromatic carbocycles. The number of hydrogen-bond donors (Lipinski definition) is 2. The van der Waals surface area contributed by atoms with Gasteiger partial charge in [0.25, 0.3) is 0 Å². The largest absolute Gasteiger partial charge is 0.382 e. The molecule has 3 rings (SSSR count).